The van der Waals surface area contributed by atoms with E-state index in [-0.39, 0.29) is 11.9 Å². The molecule has 3 aromatic rings. The van der Waals surface area contributed by atoms with Gasteiger partial charge in [0.2, 0.25) is 0 Å². The first-order valence-corrected chi connectivity index (χ1v) is 14.6. The van der Waals surface area contributed by atoms with Gasteiger partial charge in [-0.15, -0.1) is 0 Å². The zero-order valence-electron chi connectivity index (χ0n) is 23.0. The topological polar surface area (TPSA) is 69.5 Å². The van der Waals surface area contributed by atoms with Crippen molar-refractivity contribution < 1.29 is 9.53 Å². The lowest BCUT2D eigenvalue weighted by molar-refractivity contribution is 0.0601. The Kier molecular flexibility index (Phi) is 7.53. The number of aromatic nitrogens is 3. The normalized spacial score (nSPS) is 21.7. The first kappa shape index (κ1) is 26.2. The largest absolute Gasteiger partial charge is 0.491 e. The Morgan fingerprint density at radius 3 is 2.59 bits per heavy atom. The molecule has 1 amide bonds. The fraction of sp³-hybridized carbons (Fsp3) is 0.552. The van der Waals surface area contributed by atoms with Crippen LogP contribution in [0.2, 0.25) is 5.02 Å². The molecular formula is C29H38ClN7O2. The Morgan fingerprint density at radius 1 is 0.923 bits per heavy atom. The van der Waals surface area contributed by atoms with Crippen LogP contribution in [0.1, 0.15) is 60.6 Å². The minimum absolute atomic E-state index is 0.0611. The molecule has 0 saturated carbocycles. The van der Waals surface area contributed by atoms with Crippen molar-refractivity contribution in [3.8, 4) is 5.75 Å². The number of halogens is 1. The van der Waals surface area contributed by atoms with E-state index in [1.165, 1.54) is 19.3 Å². The van der Waals surface area contributed by atoms with Crippen LogP contribution in [-0.4, -0.2) is 90.3 Å². The maximum atomic E-state index is 14.0. The third-order valence-electron chi connectivity index (χ3n) is 8.31. The molecule has 9 nitrogen and oxygen atoms in total. The summed E-state index contributed by atoms with van der Waals surface area (Å²) in [6.07, 6.45) is 6.54. The van der Waals surface area contributed by atoms with Gasteiger partial charge in [0, 0.05) is 63.5 Å². The van der Waals surface area contributed by atoms with Crippen molar-refractivity contribution in [2.24, 2.45) is 0 Å². The molecule has 1 atom stereocenters. The van der Waals surface area contributed by atoms with E-state index < -0.39 is 0 Å². The SMILES string of the molecule is CN1CCOc2ccc(Cl)cc2C(=O)N2CCCCC2c2cc3nc(N4CCCCC4)cc(n3n2)N(C)CC1. The standard InChI is InChI=1S/C29H38ClN7O2/c1-33-14-15-34(2)28-20-26(35-11-5-3-6-12-35)31-27-19-23(32-37(27)28)24-8-4-7-13-36(24)29(38)22-18-21(30)9-10-25(22)39-17-16-33/h9-10,18-20,24H,3-8,11-17H2,1-2H3. The Hall–Kier alpha value is -3.04. The Morgan fingerprint density at radius 2 is 1.74 bits per heavy atom. The summed E-state index contributed by atoms with van der Waals surface area (Å²) < 4.78 is 8.13. The number of piperidine rings is 2. The molecule has 2 saturated heterocycles. The van der Waals surface area contributed by atoms with Crippen molar-refractivity contribution in [2.75, 3.05) is 69.8 Å². The number of likely N-dealkylation sites (N-methyl/N-ethyl adjacent to an activating group) is 2. The molecule has 39 heavy (non-hydrogen) atoms. The molecule has 0 N–H and O–H groups in total. The van der Waals surface area contributed by atoms with Gasteiger partial charge < -0.3 is 24.3 Å². The summed E-state index contributed by atoms with van der Waals surface area (Å²) in [7, 11) is 4.22. The van der Waals surface area contributed by atoms with E-state index in [2.05, 4.69) is 40.9 Å². The summed E-state index contributed by atoms with van der Waals surface area (Å²) >= 11 is 6.36. The van der Waals surface area contributed by atoms with Gasteiger partial charge in [-0.05, 0) is 63.8 Å². The lowest BCUT2D eigenvalue weighted by Gasteiger charge is -2.35. The summed E-state index contributed by atoms with van der Waals surface area (Å²) in [5.41, 5.74) is 2.23. The number of ether oxygens (including phenoxy) is 1. The third kappa shape index (κ3) is 5.39. The highest BCUT2D eigenvalue weighted by molar-refractivity contribution is 6.31. The number of carbonyl (C=O) groups excluding carboxylic acids is 1. The Balaban J connectivity index is 1.46. The van der Waals surface area contributed by atoms with Crippen molar-refractivity contribution in [2.45, 2.75) is 44.6 Å². The molecule has 10 heteroatoms. The molecule has 1 aromatic carbocycles. The summed E-state index contributed by atoms with van der Waals surface area (Å²) in [5, 5.41) is 5.63. The van der Waals surface area contributed by atoms with Crippen LogP contribution in [-0.2, 0) is 0 Å². The first-order chi connectivity index (χ1) is 19.0. The molecule has 0 spiro atoms. The predicted octanol–water partition coefficient (Wildman–Crippen LogP) is 4.50. The van der Waals surface area contributed by atoms with Crippen LogP contribution in [0, 0.1) is 0 Å². The average molecular weight is 552 g/mol. The van der Waals surface area contributed by atoms with E-state index in [9.17, 15) is 4.79 Å². The van der Waals surface area contributed by atoms with Gasteiger partial charge in [0.1, 0.15) is 24.0 Å². The molecule has 6 rings (SSSR count). The zero-order chi connectivity index (χ0) is 26.9. The number of hydrogen-bond acceptors (Lipinski definition) is 7. The second-order valence-electron chi connectivity index (χ2n) is 11.1. The minimum atomic E-state index is -0.129. The Labute approximate surface area is 235 Å². The quantitative estimate of drug-likeness (QED) is 0.441. The van der Waals surface area contributed by atoms with Gasteiger partial charge in [-0.3, -0.25) is 4.79 Å². The molecule has 3 aliphatic rings. The van der Waals surface area contributed by atoms with Crippen LogP contribution in [0.25, 0.3) is 5.65 Å². The van der Waals surface area contributed by atoms with Crippen molar-refractivity contribution in [1.29, 1.82) is 0 Å². The van der Waals surface area contributed by atoms with Gasteiger partial charge in [0.25, 0.3) is 5.91 Å². The van der Waals surface area contributed by atoms with E-state index in [1.54, 1.807) is 12.1 Å². The van der Waals surface area contributed by atoms with E-state index in [4.69, 9.17) is 26.4 Å². The second kappa shape index (κ2) is 11.2. The zero-order valence-corrected chi connectivity index (χ0v) is 23.7. The van der Waals surface area contributed by atoms with Crippen molar-refractivity contribution in [3.05, 3.63) is 46.6 Å². The molecule has 5 heterocycles. The molecule has 3 aliphatic heterocycles. The summed E-state index contributed by atoms with van der Waals surface area (Å²) in [6.45, 7) is 5.67. The van der Waals surface area contributed by atoms with Crippen molar-refractivity contribution in [3.63, 3.8) is 0 Å². The molecule has 2 aromatic heterocycles. The van der Waals surface area contributed by atoms with E-state index in [0.717, 1.165) is 75.0 Å². The number of benzene rings is 1. The van der Waals surface area contributed by atoms with Gasteiger partial charge in [0.05, 0.1) is 17.3 Å². The number of hydrogen-bond donors (Lipinski definition) is 0. The molecular weight excluding hydrogens is 514 g/mol. The molecule has 0 aliphatic carbocycles. The monoisotopic (exact) mass is 551 g/mol. The molecule has 0 radical (unpaired) electrons. The number of anilines is 2. The maximum Gasteiger partial charge on any atom is 0.258 e. The second-order valence-corrected chi connectivity index (χ2v) is 11.5. The highest BCUT2D eigenvalue weighted by atomic mass is 35.5. The van der Waals surface area contributed by atoms with Crippen molar-refractivity contribution in [1.82, 2.24) is 24.4 Å². The highest BCUT2D eigenvalue weighted by Gasteiger charge is 2.33. The molecule has 2 bridgehead atoms. The maximum absolute atomic E-state index is 14.0. The first-order valence-electron chi connectivity index (χ1n) is 14.3. The predicted molar refractivity (Wildman–Crippen MR) is 154 cm³/mol. The van der Waals surface area contributed by atoms with Crippen LogP contribution < -0.4 is 14.5 Å². The Bertz CT molecular complexity index is 1340. The minimum Gasteiger partial charge on any atom is -0.491 e. The number of amides is 1. The van der Waals surface area contributed by atoms with Crippen LogP contribution >= 0.6 is 11.6 Å². The molecule has 2 fully saturated rings. The number of fused-ring (bicyclic) bond motifs is 4. The van der Waals surface area contributed by atoms with Gasteiger partial charge in [0.15, 0.2) is 5.65 Å². The van der Waals surface area contributed by atoms with E-state index >= 15 is 0 Å². The highest BCUT2D eigenvalue weighted by Crippen LogP contribution is 2.35. The van der Waals surface area contributed by atoms with E-state index in [1.807, 2.05) is 15.5 Å². The van der Waals surface area contributed by atoms with Gasteiger partial charge in [-0.25, -0.2) is 4.98 Å². The summed E-state index contributed by atoms with van der Waals surface area (Å²) in [6, 6.07) is 9.48. The average Bonchev–Trinajstić information content (AvgIpc) is 3.40. The fourth-order valence-corrected chi connectivity index (χ4v) is 6.15. The van der Waals surface area contributed by atoms with Crippen LogP contribution in [0.4, 0.5) is 11.6 Å². The van der Waals surface area contributed by atoms with Crippen LogP contribution in [0.3, 0.4) is 0 Å². The fourth-order valence-electron chi connectivity index (χ4n) is 5.97. The van der Waals surface area contributed by atoms with Gasteiger partial charge in [-0.2, -0.15) is 9.61 Å². The molecule has 1 unspecified atom stereocenters. The third-order valence-corrected chi connectivity index (χ3v) is 8.54. The molecule has 208 valence electrons. The van der Waals surface area contributed by atoms with Crippen molar-refractivity contribution >= 4 is 34.8 Å². The van der Waals surface area contributed by atoms with E-state index in [0.29, 0.717) is 29.5 Å². The van der Waals surface area contributed by atoms with Gasteiger partial charge in [-0.1, -0.05) is 11.6 Å². The number of nitrogens with zero attached hydrogens (tertiary/aromatic N) is 7. The number of carbonyl (C=O) groups is 1. The summed E-state index contributed by atoms with van der Waals surface area (Å²) in [5.74, 6) is 2.55. The number of rotatable bonds is 1. The summed E-state index contributed by atoms with van der Waals surface area (Å²) in [4.78, 5) is 28.0. The smallest absolute Gasteiger partial charge is 0.258 e. The van der Waals surface area contributed by atoms with Crippen LogP contribution in [0.5, 0.6) is 5.75 Å². The van der Waals surface area contributed by atoms with Gasteiger partial charge >= 0.3 is 0 Å². The lowest BCUT2D eigenvalue weighted by Crippen LogP contribution is -2.39. The lowest BCUT2D eigenvalue weighted by atomic mass is 9.98. The van der Waals surface area contributed by atoms with Crippen LogP contribution in [0.15, 0.2) is 30.3 Å².